The summed E-state index contributed by atoms with van der Waals surface area (Å²) in [6.07, 6.45) is 0.827. The average molecular weight is 327 g/mol. The molecule has 23 heavy (non-hydrogen) atoms. The van der Waals surface area contributed by atoms with Crippen LogP contribution >= 0.6 is 11.8 Å². The van der Waals surface area contributed by atoms with Crippen molar-refractivity contribution in [2.75, 3.05) is 5.32 Å². The van der Waals surface area contributed by atoms with Crippen molar-refractivity contribution in [2.45, 2.75) is 44.1 Å². The molecular weight excluding hydrogens is 302 g/mol. The van der Waals surface area contributed by atoms with Crippen molar-refractivity contribution in [3.63, 3.8) is 0 Å². The van der Waals surface area contributed by atoms with Crippen LogP contribution in [0.25, 0.3) is 0 Å². The van der Waals surface area contributed by atoms with Gasteiger partial charge >= 0.3 is 0 Å². The zero-order valence-electron chi connectivity index (χ0n) is 14.1. The van der Waals surface area contributed by atoms with E-state index in [0.29, 0.717) is 5.92 Å². The van der Waals surface area contributed by atoms with Crippen molar-refractivity contribution in [3.05, 3.63) is 65.7 Å². The Kier molecular flexibility index (Phi) is 6.72. The highest BCUT2D eigenvalue weighted by Crippen LogP contribution is 2.23. The lowest BCUT2D eigenvalue weighted by Crippen LogP contribution is -2.24. The minimum atomic E-state index is -0.0278. The molecule has 0 saturated heterocycles. The SMILES string of the molecule is CCC(SCc1ccccc1)C(=O)Nc1ccc(C(C)C)cc1. The van der Waals surface area contributed by atoms with E-state index in [9.17, 15) is 4.79 Å². The van der Waals surface area contributed by atoms with Crippen LogP contribution in [-0.2, 0) is 10.5 Å². The van der Waals surface area contributed by atoms with Gasteiger partial charge in [0.25, 0.3) is 0 Å². The van der Waals surface area contributed by atoms with Crippen LogP contribution in [-0.4, -0.2) is 11.2 Å². The van der Waals surface area contributed by atoms with Crippen LogP contribution in [0.1, 0.15) is 44.2 Å². The summed E-state index contributed by atoms with van der Waals surface area (Å²) in [5.41, 5.74) is 3.41. The van der Waals surface area contributed by atoms with Crippen molar-refractivity contribution < 1.29 is 4.79 Å². The number of hydrogen-bond donors (Lipinski definition) is 1. The molecule has 0 spiro atoms. The highest BCUT2D eigenvalue weighted by atomic mass is 32.2. The zero-order valence-corrected chi connectivity index (χ0v) is 14.9. The van der Waals surface area contributed by atoms with Crippen molar-refractivity contribution in [1.82, 2.24) is 0 Å². The molecule has 122 valence electrons. The van der Waals surface area contributed by atoms with Crippen LogP contribution in [0.2, 0.25) is 0 Å². The molecule has 2 nitrogen and oxygen atoms in total. The first kappa shape index (κ1) is 17.6. The largest absolute Gasteiger partial charge is 0.325 e. The monoisotopic (exact) mass is 327 g/mol. The summed E-state index contributed by atoms with van der Waals surface area (Å²) in [4.78, 5) is 12.5. The van der Waals surface area contributed by atoms with Crippen LogP contribution in [0.15, 0.2) is 54.6 Å². The Hall–Kier alpha value is -1.74. The van der Waals surface area contributed by atoms with E-state index in [1.54, 1.807) is 11.8 Å². The van der Waals surface area contributed by atoms with Crippen LogP contribution in [0, 0.1) is 0 Å². The molecule has 2 aromatic rings. The standard InChI is InChI=1S/C20H25NOS/c1-4-19(23-14-16-8-6-5-7-9-16)20(22)21-18-12-10-17(11-13-18)15(2)3/h5-13,15,19H,4,14H2,1-3H3,(H,21,22). The van der Waals surface area contributed by atoms with E-state index in [1.807, 2.05) is 30.3 Å². The fourth-order valence-electron chi connectivity index (χ4n) is 2.32. The quantitative estimate of drug-likeness (QED) is 0.731. The molecule has 0 aliphatic rings. The fourth-order valence-corrected chi connectivity index (χ4v) is 3.36. The second-order valence-corrected chi connectivity index (χ2v) is 7.15. The second-order valence-electron chi connectivity index (χ2n) is 5.96. The lowest BCUT2D eigenvalue weighted by Gasteiger charge is -2.15. The van der Waals surface area contributed by atoms with Crippen LogP contribution < -0.4 is 5.32 Å². The van der Waals surface area contributed by atoms with E-state index in [0.717, 1.165) is 17.9 Å². The normalized spacial score (nSPS) is 12.2. The molecule has 1 unspecified atom stereocenters. The van der Waals surface area contributed by atoms with Gasteiger partial charge in [0.05, 0.1) is 5.25 Å². The third-order valence-electron chi connectivity index (χ3n) is 3.80. The van der Waals surface area contributed by atoms with E-state index in [4.69, 9.17) is 0 Å². The van der Waals surface area contributed by atoms with Crippen LogP contribution in [0.4, 0.5) is 5.69 Å². The molecule has 0 radical (unpaired) electrons. The zero-order chi connectivity index (χ0) is 16.7. The predicted molar refractivity (Wildman–Crippen MR) is 101 cm³/mol. The summed E-state index contributed by atoms with van der Waals surface area (Å²) in [6, 6.07) is 18.4. The lowest BCUT2D eigenvalue weighted by molar-refractivity contribution is -0.115. The minimum Gasteiger partial charge on any atom is -0.325 e. The minimum absolute atomic E-state index is 0.0278. The predicted octanol–water partition coefficient (Wildman–Crippen LogP) is 5.46. The molecule has 0 aliphatic heterocycles. The number of hydrogen-bond acceptors (Lipinski definition) is 2. The Bertz CT molecular complexity index is 607. The number of thioether (sulfide) groups is 1. The van der Waals surface area contributed by atoms with Gasteiger partial charge in [0, 0.05) is 11.4 Å². The first-order chi connectivity index (χ1) is 11.1. The highest BCUT2D eigenvalue weighted by molar-refractivity contribution is 7.99. The van der Waals surface area contributed by atoms with E-state index < -0.39 is 0 Å². The molecule has 1 atom stereocenters. The van der Waals surface area contributed by atoms with Crippen molar-refractivity contribution in [2.24, 2.45) is 0 Å². The molecular formula is C20H25NOS. The number of carbonyl (C=O) groups excluding carboxylic acids is 1. The van der Waals surface area contributed by atoms with Gasteiger partial charge in [-0.05, 0) is 35.6 Å². The van der Waals surface area contributed by atoms with Crippen LogP contribution in [0.3, 0.4) is 0 Å². The maximum Gasteiger partial charge on any atom is 0.237 e. The fraction of sp³-hybridized carbons (Fsp3) is 0.350. The van der Waals surface area contributed by atoms with Gasteiger partial charge in [-0.15, -0.1) is 11.8 Å². The first-order valence-corrected chi connectivity index (χ1v) is 9.21. The highest BCUT2D eigenvalue weighted by Gasteiger charge is 2.17. The lowest BCUT2D eigenvalue weighted by atomic mass is 10.0. The Morgan fingerprint density at radius 3 is 2.26 bits per heavy atom. The van der Waals surface area contributed by atoms with Gasteiger partial charge in [0.1, 0.15) is 0 Å². The van der Waals surface area contributed by atoms with Gasteiger partial charge in [0.15, 0.2) is 0 Å². The Labute approximate surface area is 143 Å². The molecule has 1 amide bonds. The number of carbonyl (C=O) groups is 1. The summed E-state index contributed by atoms with van der Waals surface area (Å²) < 4.78 is 0. The number of rotatable bonds is 7. The van der Waals surface area contributed by atoms with Crippen LogP contribution in [0.5, 0.6) is 0 Å². The number of anilines is 1. The molecule has 2 rings (SSSR count). The van der Waals surface area contributed by atoms with Crippen molar-refractivity contribution in [3.8, 4) is 0 Å². The van der Waals surface area contributed by atoms with Gasteiger partial charge in [-0.2, -0.15) is 0 Å². The van der Waals surface area contributed by atoms with E-state index in [1.165, 1.54) is 11.1 Å². The van der Waals surface area contributed by atoms with Crippen molar-refractivity contribution >= 4 is 23.4 Å². The second kappa shape index (κ2) is 8.78. The molecule has 0 aromatic heterocycles. The van der Waals surface area contributed by atoms with Gasteiger partial charge in [-0.25, -0.2) is 0 Å². The third-order valence-corrected chi connectivity index (χ3v) is 5.25. The average Bonchev–Trinajstić information content (AvgIpc) is 2.57. The molecule has 0 saturated carbocycles. The summed E-state index contributed by atoms with van der Waals surface area (Å²) in [5.74, 6) is 1.45. The van der Waals surface area contributed by atoms with Gasteiger partial charge in [-0.3, -0.25) is 4.79 Å². The number of benzene rings is 2. The number of amides is 1. The molecule has 1 N–H and O–H groups in total. The summed E-state index contributed by atoms with van der Waals surface area (Å²) in [6.45, 7) is 6.39. The van der Waals surface area contributed by atoms with Gasteiger partial charge in [-0.1, -0.05) is 63.2 Å². The Morgan fingerprint density at radius 1 is 1.04 bits per heavy atom. The van der Waals surface area contributed by atoms with Crippen molar-refractivity contribution in [1.29, 1.82) is 0 Å². The van der Waals surface area contributed by atoms with Gasteiger partial charge in [0.2, 0.25) is 5.91 Å². The van der Waals surface area contributed by atoms with Gasteiger partial charge < -0.3 is 5.32 Å². The molecule has 0 bridgehead atoms. The molecule has 2 aromatic carbocycles. The summed E-state index contributed by atoms with van der Waals surface area (Å²) in [7, 11) is 0. The third kappa shape index (κ3) is 5.43. The number of nitrogens with one attached hydrogen (secondary N) is 1. The summed E-state index contributed by atoms with van der Waals surface area (Å²) in [5, 5.41) is 3.01. The molecule has 0 heterocycles. The molecule has 3 heteroatoms. The van der Waals surface area contributed by atoms with E-state index in [-0.39, 0.29) is 11.2 Å². The molecule has 0 aliphatic carbocycles. The van der Waals surface area contributed by atoms with E-state index in [2.05, 4.69) is 50.4 Å². The summed E-state index contributed by atoms with van der Waals surface area (Å²) >= 11 is 1.70. The Morgan fingerprint density at radius 2 is 1.70 bits per heavy atom. The maximum absolute atomic E-state index is 12.5. The topological polar surface area (TPSA) is 29.1 Å². The van der Waals surface area contributed by atoms with E-state index >= 15 is 0 Å². The molecule has 0 fully saturated rings. The first-order valence-electron chi connectivity index (χ1n) is 8.16. The smallest absolute Gasteiger partial charge is 0.237 e. The maximum atomic E-state index is 12.5. The Balaban J connectivity index is 1.91.